The number of rotatable bonds is 5. The van der Waals surface area contributed by atoms with Crippen LogP contribution >= 0.6 is 0 Å². The number of hydrogen-bond acceptors (Lipinski definition) is 3. The Bertz CT molecular complexity index is 1510. The quantitative estimate of drug-likeness (QED) is 0.348. The highest BCUT2D eigenvalue weighted by Crippen LogP contribution is 2.26. The molecule has 1 saturated heterocycles. The molecule has 0 atom stereocenters. The summed E-state index contributed by atoms with van der Waals surface area (Å²) in [5.41, 5.74) is 5.58. The van der Waals surface area contributed by atoms with Gasteiger partial charge in [0, 0.05) is 29.2 Å². The molecule has 1 aromatic heterocycles. The van der Waals surface area contributed by atoms with Crippen LogP contribution in [0.5, 0.6) is 0 Å². The number of aryl methyl sites for hydroxylation is 1. The predicted octanol–water partition coefficient (Wildman–Crippen LogP) is 4.96. The van der Waals surface area contributed by atoms with Crippen LogP contribution in [-0.4, -0.2) is 21.4 Å². The van der Waals surface area contributed by atoms with Crippen LogP contribution in [0, 0.1) is 18.3 Å². The monoisotopic (exact) mass is 446 g/mol. The fourth-order valence-corrected chi connectivity index (χ4v) is 4.34. The number of nitrogens with zero attached hydrogens (tertiary/aromatic N) is 3. The van der Waals surface area contributed by atoms with Crippen LogP contribution in [0.3, 0.4) is 0 Å². The van der Waals surface area contributed by atoms with E-state index >= 15 is 0 Å². The van der Waals surface area contributed by atoms with Crippen molar-refractivity contribution in [2.24, 2.45) is 0 Å². The van der Waals surface area contributed by atoms with Crippen molar-refractivity contribution in [3.05, 3.63) is 113 Å². The molecule has 34 heavy (non-hydrogen) atoms. The van der Waals surface area contributed by atoms with Crippen molar-refractivity contribution in [2.75, 3.05) is 0 Å². The molecule has 166 valence electrons. The number of aromatic nitrogens is 1. The first-order valence-electron chi connectivity index (χ1n) is 11.0. The molecule has 0 unspecified atom stereocenters. The minimum atomic E-state index is -0.426. The summed E-state index contributed by atoms with van der Waals surface area (Å²) in [6.07, 6.45) is 3.68. The molecule has 0 saturated carbocycles. The summed E-state index contributed by atoms with van der Waals surface area (Å²) in [4.78, 5) is 26.9. The van der Waals surface area contributed by atoms with E-state index in [-0.39, 0.29) is 18.1 Å². The Morgan fingerprint density at radius 2 is 1.76 bits per heavy atom. The second kappa shape index (κ2) is 8.72. The van der Waals surface area contributed by atoms with E-state index in [9.17, 15) is 14.9 Å². The van der Waals surface area contributed by atoms with Crippen molar-refractivity contribution in [1.29, 1.82) is 5.26 Å². The average molecular weight is 447 g/mol. The van der Waals surface area contributed by atoms with Gasteiger partial charge in [-0.25, -0.2) is 4.79 Å². The molecule has 3 aromatic carbocycles. The first kappa shape index (κ1) is 21.2. The van der Waals surface area contributed by atoms with Crippen LogP contribution in [0.2, 0.25) is 0 Å². The van der Waals surface area contributed by atoms with Crippen molar-refractivity contribution in [1.82, 2.24) is 14.8 Å². The van der Waals surface area contributed by atoms with Gasteiger partial charge in [0.2, 0.25) is 0 Å². The van der Waals surface area contributed by atoms with Gasteiger partial charge in [0.05, 0.1) is 18.2 Å². The molecule has 4 aromatic rings. The van der Waals surface area contributed by atoms with Crippen LogP contribution in [0.15, 0.2) is 84.7 Å². The van der Waals surface area contributed by atoms with Crippen LogP contribution < -0.4 is 5.32 Å². The summed E-state index contributed by atoms with van der Waals surface area (Å²) in [6, 6.07) is 25.0. The fourth-order valence-electron chi connectivity index (χ4n) is 4.34. The summed E-state index contributed by atoms with van der Waals surface area (Å²) in [5.74, 6) is -0.349. The topological polar surface area (TPSA) is 78.1 Å². The Labute approximate surface area is 197 Å². The number of para-hydroxylation sites is 1. The van der Waals surface area contributed by atoms with Gasteiger partial charge in [-0.05, 0) is 36.3 Å². The molecule has 6 nitrogen and oxygen atoms in total. The van der Waals surface area contributed by atoms with E-state index in [4.69, 9.17) is 0 Å². The van der Waals surface area contributed by atoms with Crippen LogP contribution in [0.4, 0.5) is 4.79 Å². The third-order valence-electron chi connectivity index (χ3n) is 5.98. The average Bonchev–Trinajstić information content (AvgIpc) is 3.31. The summed E-state index contributed by atoms with van der Waals surface area (Å²) in [5, 5.41) is 13.1. The van der Waals surface area contributed by atoms with E-state index in [2.05, 4.69) is 16.0 Å². The van der Waals surface area contributed by atoms with E-state index in [1.165, 1.54) is 4.90 Å². The molecule has 6 heteroatoms. The van der Waals surface area contributed by atoms with Crippen LogP contribution in [0.1, 0.15) is 27.8 Å². The van der Waals surface area contributed by atoms with Crippen molar-refractivity contribution < 1.29 is 9.59 Å². The highest BCUT2D eigenvalue weighted by Gasteiger charge is 2.33. The zero-order chi connectivity index (χ0) is 23.7. The van der Waals surface area contributed by atoms with Gasteiger partial charge in [-0.1, -0.05) is 66.2 Å². The Morgan fingerprint density at radius 3 is 2.59 bits per heavy atom. The molecule has 5 rings (SSSR count). The molecule has 0 spiro atoms. The number of benzene rings is 3. The molecule has 1 aliphatic rings. The highest BCUT2D eigenvalue weighted by atomic mass is 16.2. The third kappa shape index (κ3) is 3.96. The summed E-state index contributed by atoms with van der Waals surface area (Å²) < 4.78 is 2.06. The van der Waals surface area contributed by atoms with Gasteiger partial charge in [-0.15, -0.1) is 0 Å². The van der Waals surface area contributed by atoms with Gasteiger partial charge in [0.1, 0.15) is 5.70 Å². The molecule has 3 amide bonds. The zero-order valence-corrected chi connectivity index (χ0v) is 18.7. The van der Waals surface area contributed by atoms with E-state index in [0.29, 0.717) is 12.1 Å². The summed E-state index contributed by atoms with van der Waals surface area (Å²) in [7, 11) is 0. The lowest BCUT2D eigenvalue weighted by atomic mass is 10.1. The summed E-state index contributed by atoms with van der Waals surface area (Å²) >= 11 is 0. The number of carbonyl (C=O) groups is 2. The maximum atomic E-state index is 13.1. The largest absolute Gasteiger partial charge is 0.342 e. The van der Waals surface area contributed by atoms with Gasteiger partial charge >= 0.3 is 6.03 Å². The van der Waals surface area contributed by atoms with Crippen molar-refractivity contribution in [3.63, 3.8) is 0 Å². The number of imide groups is 1. The Kier molecular flexibility index (Phi) is 5.44. The minimum absolute atomic E-state index is 0.219. The lowest BCUT2D eigenvalue weighted by molar-refractivity contribution is -0.123. The SMILES string of the molecule is Cc1cccc(CN2C(=O)N/C(=C/c3cn(Cc4ccccc4C#N)c4ccccc34)C2=O)c1. The first-order chi connectivity index (χ1) is 16.5. The van der Waals surface area contributed by atoms with Gasteiger partial charge in [-0.3, -0.25) is 9.69 Å². The number of nitriles is 1. The molecule has 0 bridgehead atoms. The number of fused-ring (bicyclic) bond motifs is 1. The predicted molar refractivity (Wildman–Crippen MR) is 130 cm³/mol. The van der Waals surface area contributed by atoms with Crippen molar-refractivity contribution in [2.45, 2.75) is 20.0 Å². The fraction of sp³-hybridized carbons (Fsp3) is 0.107. The van der Waals surface area contributed by atoms with Crippen LogP contribution in [-0.2, 0) is 17.9 Å². The molecule has 2 heterocycles. The number of hydrogen-bond donors (Lipinski definition) is 1. The normalized spacial score (nSPS) is 14.6. The van der Waals surface area contributed by atoms with Gasteiger partial charge < -0.3 is 9.88 Å². The molecule has 0 aliphatic carbocycles. The summed E-state index contributed by atoms with van der Waals surface area (Å²) in [6.45, 7) is 2.72. The van der Waals surface area contributed by atoms with E-state index < -0.39 is 6.03 Å². The number of amides is 3. The van der Waals surface area contributed by atoms with Crippen LogP contribution in [0.25, 0.3) is 17.0 Å². The Balaban J connectivity index is 1.48. The molecular weight excluding hydrogens is 424 g/mol. The smallest absolute Gasteiger partial charge is 0.329 e. The standard InChI is InChI=1S/C28H22N4O2/c1-19-7-6-8-20(13-19)16-32-27(33)25(30-28(32)34)14-23-18-31(26-12-5-4-11-24(23)26)17-22-10-3-2-9-21(22)15-29/h2-14,18H,16-17H2,1H3,(H,30,34)/b25-14+. The van der Waals surface area contributed by atoms with E-state index in [1.54, 1.807) is 12.1 Å². The molecular formula is C28H22N4O2. The molecule has 1 N–H and O–H groups in total. The van der Waals surface area contributed by atoms with Gasteiger partial charge in [0.25, 0.3) is 5.91 Å². The van der Waals surface area contributed by atoms with Crippen molar-refractivity contribution >= 4 is 28.9 Å². The van der Waals surface area contributed by atoms with Gasteiger partial charge in [-0.2, -0.15) is 5.26 Å². The van der Waals surface area contributed by atoms with E-state index in [0.717, 1.165) is 33.2 Å². The van der Waals surface area contributed by atoms with Gasteiger partial charge in [0.15, 0.2) is 0 Å². The Morgan fingerprint density at radius 1 is 0.971 bits per heavy atom. The number of nitrogens with one attached hydrogen (secondary N) is 1. The number of urea groups is 1. The van der Waals surface area contributed by atoms with E-state index in [1.807, 2.05) is 79.9 Å². The zero-order valence-electron chi connectivity index (χ0n) is 18.7. The maximum Gasteiger partial charge on any atom is 0.329 e. The molecule has 1 fully saturated rings. The molecule has 1 aliphatic heterocycles. The number of carbonyl (C=O) groups excluding carboxylic acids is 2. The first-order valence-corrected chi connectivity index (χ1v) is 11.0. The lowest BCUT2D eigenvalue weighted by Gasteiger charge is -2.12. The second-order valence-corrected chi connectivity index (χ2v) is 8.37. The minimum Gasteiger partial charge on any atom is -0.342 e. The lowest BCUT2D eigenvalue weighted by Crippen LogP contribution is -2.30. The molecule has 0 radical (unpaired) electrons. The Hall–Kier alpha value is -4.63. The highest BCUT2D eigenvalue weighted by molar-refractivity contribution is 6.14. The maximum absolute atomic E-state index is 13.1. The third-order valence-corrected chi connectivity index (χ3v) is 5.98. The second-order valence-electron chi connectivity index (χ2n) is 8.37. The van der Waals surface area contributed by atoms with Crippen molar-refractivity contribution in [3.8, 4) is 6.07 Å².